The first kappa shape index (κ1) is 32.4. The average molecular weight is 654 g/mol. The van der Waals surface area contributed by atoms with Crippen LogP contribution in [0.4, 0.5) is 15.3 Å². The number of aromatic hydroxyl groups is 1. The van der Waals surface area contributed by atoms with Crippen molar-refractivity contribution in [2.45, 2.75) is 63.6 Å². The monoisotopic (exact) mass is 653 g/mol. The predicted molar refractivity (Wildman–Crippen MR) is 174 cm³/mol. The Morgan fingerprint density at radius 3 is 2.41 bits per heavy atom. The Balaban J connectivity index is 1.09. The summed E-state index contributed by atoms with van der Waals surface area (Å²) in [5.74, 6) is -0.225. The van der Waals surface area contributed by atoms with Crippen molar-refractivity contribution in [2.75, 3.05) is 64.3 Å². The number of carbonyl (C=O) groups excluding carboxylic acids is 3. The molecule has 2 aromatic rings. The number of rotatable bonds is 6. The van der Waals surface area contributed by atoms with E-state index in [2.05, 4.69) is 10.2 Å². The topological polar surface area (TPSA) is 115 Å². The number of para-hydroxylation sites is 1. The van der Waals surface area contributed by atoms with E-state index in [0.717, 1.165) is 56.8 Å². The van der Waals surface area contributed by atoms with Gasteiger partial charge in [0.1, 0.15) is 5.75 Å². The molecule has 0 aromatic heterocycles. The molecule has 2 N–H and O–H groups in total. The molecule has 3 saturated heterocycles. The molecule has 248 valence electrons. The first-order valence-electron chi connectivity index (χ1n) is 16.5. The summed E-state index contributed by atoms with van der Waals surface area (Å²) < 4.78 is 11.5. The number of phenolic OH excluding ortho intramolecular Hbond substituents is 1. The van der Waals surface area contributed by atoms with Crippen molar-refractivity contribution < 1.29 is 29.0 Å². The van der Waals surface area contributed by atoms with Gasteiger partial charge in [-0.05, 0) is 67.9 Å². The van der Waals surface area contributed by atoms with Crippen LogP contribution in [0.1, 0.15) is 42.4 Å². The third-order valence-electron chi connectivity index (χ3n) is 9.89. The fourth-order valence-corrected chi connectivity index (χ4v) is 7.46. The quantitative estimate of drug-likeness (QED) is 0.478. The Labute approximate surface area is 275 Å². The molecule has 4 aliphatic rings. The van der Waals surface area contributed by atoms with Crippen molar-refractivity contribution >= 4 is 35.3 Å². The minimum atomic E-state index is -1.03. The molecular formula is C34H44ClN5O6. The fourth-order valence-electron chi connectivity index (χ4n) is 7.17. The number of piperazine rings is 1. The zero-order chi connectivity index (χ0) is 32.2. The van der Waals surface area contributed by atoms with Crippen LogP contribution in [0.3, 0.4) is 0 Å². The number of hydrogen-bond acceptors (Lipinski definition) is 7. The van der Waals surface area contributed by atoms with Crippen LogP contribution < -0.4 is 5.32 Å². The van der Waals surface area contributed by atoms with Gasteiger partial charge in [-0.1, -0.05) is 35.9 Å². The summed E-state index contributed by atoms with van der Waals surface area (Å²) in [6.45, 7) is 7.42. The summed E-state index contributed by atoms with van der Waals surface area (Å²) in [5.41, 5.74) is 3.26. The highest BCUT2D eigenvalue weighted by atomic mass is 35.5. The van der Waals surface area contributed by atoms with Crippen LogP contribution in [0, 0.1) is 6.92 Å². The maximum atomic E-state index is 13.9. The van der Waals surface area contributed by atoms with Crippen molar-refractivity contribution in [3.8, 4) is 5.75 Å². The second-order valence-electron chi connectivity index (χ2n) is 12.8. The molecule has 2 aromatic carbocycles. The predicted octanol–water partition coefficient (Wildman–Crippen LogP) is 4.28. The van der Waals surface area contributed by atoms with Gasteiger partial charge in [0, 0.05) is 83.2 Å². The van der Waals surface area contributed by atoms with E-state index in [1.807, 2.05) is 29.2 Å². The third kappa shape index (κ3) is 7.37. The molecule has 4 heterocycles. The minimum Gasteiger partial charge on any atom is -0.506 e. The Bertz CT molecular complexity index is 1400. The number of anilines is 1. The lowest BCUT2D eigenvalue weighted by Gasteiger charge is -2.41. The van der Waals surface area contributed by atoms with E-state index in [0.29, 0.717) is 62.7 Å². The van der Waals surface area contributed by atoms with Gasteiger partial charge in [-0.2, -0.15) is 0 Å². The number of benzene rings is 2. The number of carbonyl (C=O) groups is 3. The van der Waals surface area contributed by atoms with Gasteiger partial charge >= 0.3 is 12.1 Å². The van der Waals surface area contributed by atoms with E-state index in [1.54, 1.807) is 28.9 Å². The molecule has 1 unspecified atom stereocenters. The van der Waals surface area contributed by atoms with Gasteiger partial charge < -0.3 is 34.6 Å². The van der Waals surface area contributed by atoms with Crippen molar-refractivity contribution in [2.24, 2.45) is 0 Å². The standard InChI is InChI=1S/C34H44ClN5O6/c1-23-20-24(21-28(35)31(23)41)22-30(32(42)38-16-14-37(15-17-38)26-9-18-45-19-10-26)46-34(44)39-11-7-27(8-12-39)40-13-6-25-4-2-3-5-29(25)36-33(40)43/h2-5,20-21,26-27,30,41H,6-19,22H2,1H3,(H,36,43). The smallest absolute Gasteiger partial charge is 0.410 e. The molecule has 4 amide bonds. The SMILES string of the molecule is Cc1cc(CC(OC(=O)N2CCC(N3CCc4ccccc4NC3=O)CC2)C(=O)N2CCN(C3CCOCC3)CC2)cc(Cl)c1O. The van der Waals surface area contributed by atoms with E-state index in [9.17, 15) is 19.5 Å². The number of piperidine rings is 1. The summed E-state index contributed by atoms with van der Waals surface area (Å²) in [6.07, 6.45) is 2.60. The molecule has 11 nitrogen and oxygen atoms in total. The number of hydrogen-bond donors (Lipinski definition) is 2. The van der Waals surface area contributed by atoms with Crippen LogP contribution >= 0.6 is 11.6 Å². The van der Waals surface area contributed by atoms with Gasteiger partial charge in [0.05, 0.1) is 5.02 Å². The first-order valence-corrected chi connectivity index (χ1v) is 16.8. The summed E-state index contributed by atoms with van der Waals surface area (Å²) in [4.78, 5) is 48.3. The van der Waals surface area contributed by atoms with Crippen LogP contribution in [0.25, 0.3) is 0 Å². The van der Waals surface area contributed by atoms with Crippen molar-refractivity contribution in [3.05, 3.63) is 58.1 Å². The average Bonchev–Trinajstić information content (AvgIpc) is 3.25. The molecule has 4 aliphatic heterocycles. The second-order valence-corrected chi connectivity index (χ2v) is 13.2. The maximum Gasteiger partial charge on any atom is 0.410 e. The fraction of sp³-hybridized carbons (Fsp3) is 0.559. The Morgan fingerprint density at radius 2 is 1.70 bits per heavy atom. The summed E-state index contributed by atoms with van der Waals surface area (Å²) in [6, 6.07) is 11.6. The number of fused-ring (bicyclic) bond motifs is 1. The van der Waals surface area contributed by atoms with Crippen molar-refractivity contribution in [1.82, 2.24) is 19.6 Å². The van der Waals surface area contributed by atoms with Gasteiger partial charge in [-0.25, -0.2) is 9.59 Å². The zero-order valence-electron chi connectivity index (χ0n) is 26.5. The molecule has 0 aliphatic carbocycles. The maximum absolute atomic E-state index is 13.9. The number of amides is 4. The van der Waals surface area contributed by atoms with Crippen molar-refractivity contribution in [1.29, 1.82) is 0 Å². The van der Waals surface area contributed by atoms with Crippen LogP contribution in [0.15, 0.2) is 36.4 Å². The lowest BCUT2D eigenvalue weighted by atomic mass is 10.0. The first-order chi connectivity index (χ1) is 22.3. The van der Waals surface area contributed by atoms with E-state index in [4.69, 9.17) is 21.1 Å². The molecule has 1 atom stereocenters. The highest BCUT2D eigenvalue weighted by Crippen LogP contribution is 2.30. The van der Waals surface area contributed by atoms with Crippen LogP contribution in [0.2, 0.25) is 5.02 Å². The number of likely N-dealkylation sites (tertiary alicyclic amines) is 1. The molecule has 0 saturated carbocycles. The molecule has 6 rings (SSSR count). The lowest BCUT2D eigenvalue weighted by Crippen LogP contribution is -2.56. The largest absolute Gasteiger partial charge is 0.506 e. The van der Waals surface area contributed by atoms with Crippen LogP contribution in [-0.4, -0.2) is 120 Å². The highest BCUT2D eigenvalue weighted by Gasteiger charge is 2.36. The van der Waals surface area contributed by atoms with E-state index in [-0.39, 0.29) is 35.2 Å². The molecule has 3 fully saturated rings. The highest BCUT2D eigenvalue weighted by molar-refractivity contribution is 6.32. The number of halogens is 1. The molecule has 12 heteroatoms. The van der Waals surface area contributed by atoms with Crippen LogP contribution in [0.5, 0.6) is 5.75 Å². The number of nitrogens with zero attached hydrogens (tertiary/aromatic N) is 4. The number of nitrogens with one attached hydrogen (secondary N) is 1. The van der Waals surface area contributed by atoms with Crippen molar-refractivity contribution in [3.63, 3.8) is 0 Å². The summed E-state index contributed by atoms with van der Waals surface area (Å²) >= 11 is 6.26. The Hall–Kier alpha value is -3.54. The molecule has 0 bridgehead atoms. The molecule has 0 spiro atoms. The lowest BCUT2D eigenvalue weighted by molar-refractivity contribution is -0.143. The van der Waals surface area contributed by atoms with Gasteiger partial charge in [-0.15, -0.1) is 0 Å². The minimum absolute atomic E-state index is 0.000589. The second kappa shape index (κ2) is 14.5. The molecular weight excluding hydrogens is 610 g/mol. The van der Waals surface area contributed by atoms with Gasteiger partial charge in [-0.3, -0.25) is 9.69 Å². The Kier molecular flexibility index (Phi) is 10.2. The van der Waals surface area contributed by atoms with Gasteiger partial charge in [0.25, 0.3) is 5.91 Å². The van der Waals surface area contributed by atoms with Gasteiger partial charge in [0.2, 0.25) is 0 Å². The Morgan fingerprint density at radius 1 is 0.978 bits per heavy atom. The molecule has 46 heavy (non-hydrogen) atoms. The summed E-state index contributed by atoms with van der Waals surface area (Å²) in [5, 5.41) is 13.4. The normalized spacial score (nSPS) is 20.9. The number of ether oxygens (including phenoxy) is 2. The number of aryl methyl sites for hydroxylation is 1. The van der Waals surface area contributed by atoms with Gasteiger partial charge in [0.15, 0.2) is 6.10 Å². The zero-order valence-corrected chi connectivity index (χ0v) is 27.2. The number of urea groups is 1. The molecule has 0 radical (unpaired) electrons. The van der Waals surface area contributed by atoms with E-state index < -0.39 is 12.2 Å². The summed E-state index contributed by atoms with van der Waals surface area (Å²) in [7, 11) is 0. The third-order valence-corrected chi connectivity index (χ3v) is 10.2. The van der Waals surface area contributed by atoms with Crippen LogP contribution in [-0.2, 0) is 27.1 Å². The van der Waals surface area contributed by atoms with E-state index in [1.165, 1.54) is 0 Å². The van der Waals surface area contributed by atoms with E-state index >= 15 is 0 Å². The number of phenols is 1.